The minimum Gasteiger partial charge on any atom is -0.365 e. The van der Waals surface area contributed by atoms with E-state index in [0.717, 1.165) is 13.1 Å². The van der Waals surface area contributed by atoms with Gasteiger partial charge >= 0.3 is 0 Å². The maximum atomic E-state index is 9.19. The summed E-state index contributed by atoms with van der Waals surface area (Å²) in [6, 6.07) is 0. The van der Waals surface area contributed by atoms with Crippen molar-refractivity contribution < 1.29 is 10.2 Å². The molecule has 0 saturated heterocycles. The summed E-state index contributed by atoms with van der Waals surface area (Å²) < 4.78 is 0. The highest BCUT2D eigenvalue weighted by Gasteiger charge is 2.36. The van der Waals surface area contributed by atoms with Crippen molar-refractivity contribution in [2.24, 2.45) is 0 Å². The molecule has 0 fully saturated rings. The van der Waals surface area contributed by atoms with Gasteiger partial charge in [-0.05, 0) is 0 Å². The SMILES string of the molecule is OC1(O)CC2=C(CNC2)C1. The van der Waals surface area contributed by atoms with Crippen molar-refractivity contribution in [3.8, 4) is 0 Å². The van der Waals surface area contributed by atoms with Gasteiger partial charge in [0.15, 0.2) is 5.79 Å². The fourth-order valence-electron chi connectivity index (χ4n) is 1.74. The van der Waals surface area contributed by atoms with E-state index in [2.05, 4.69) is 5.32 Å². The van der Waals surface area contributed by atoms with Gasteiger partial charge in [-0.25, -0.2) is 0 Å². The topological polar surface area (TPSA) is 52.5 Å². The first-order chi connectivity index (χ1) is 4.67. The van der Waals surface area contributed by atoms with E-state index in [0.29, 0.717) is 12.8 Å². The van der Waals surface area contributed by atoms with E-state index in [4.69, 9.17) is 0 Å². The molecular formula is C7H11NO2. The molecule has 1 heterocycles. The van der Waals surface area contributed by atoms with Gasteiger partial charge in [0, 0.05) is 25.9 Å². The zero-order valence-electron chi connectivity index (χ0n) is 5.72. The Morgan fingerprint density at radius 3 is 2.10 bits per heavy atom. The first-order valence-electron chi connectivity index (χ1n) is 3.53. The molecule has 0 aromatic rings. The molecule has 0 radical (unpaired) electrons. The number of hydrogen-bond donors (Lipinski definition) is 3. The number of rotatable bonds is 0. The lowest BCUT2D eigenvalue weighted by atomic mass is 10.1. The van der Waals surface area contributed by atoms with Crippen molar-refractivity contribution in [2.45, 2.75) is 18.6 Å². The first kappa shape index (κ1) is 6.34. The van der Waals surface area contributed by atoms with Crippen LogP contribution in [-0.4, -0.2) is 29.1 Å². The number of nitrogens with one attached hydrogen (secondary N) is 1. The lowest BCUT2D eigenvalue weighted by molar-refractivity contribution is -0.151. The van der Waals surface area contributed by atoms with Crippen LogP contribution in [0.15, 0.2) is 11.1 Å². The van der Waals surface area contributed by atoms with Gasteiger partial charge in [-0.2, -0.15) is 0 Å². The van der Waals surface area contributed by atoms with Crippen LogP contribution < -0.4 is 5.32 Å². The lowest BCUT2D eigenvalue weighted by Crippen LogP contribution is -2.27. The van der Waals surface area contributed by atoms with Crippen LogP contribution in [0.3, 0.4) is 0 Å². The molecule has 0 amide bonds. The molecule has 2 rings (SSSR count). The van der Waals surface area contributed by atoms with Crippen molar-refractivity contribution in [3.63, 3.8) is 0 Å². The molecule has 3 nitrogen and oxygen atoms in total. The van der Waals surface area contributed by atoms with Crippen LogP contribution in [0.4, 0.5) is 0 Å². The smallest absolute Gasteiger partial charge is 0.170 e. The Hall–Kier alpha value is -0.380. The van der Waals surface area contributed by atoms with Crippen LogP contribution in [-0.2, 0) is 0 Å². The Morgan fingerprint density at radius 1 is 1.10 bits per heavy atom. The third-order valence-electron chi connectivity index (χ3n) is 2.17. The molecule has 0 aromatic heterocycles. The molecule has 0 unspecified atom stereocenters. The fraction of sp³-hybridized carbons (Fsp3) is 0.714. The van der Waals surface area contributed by atoms with Gasteiger partial charge in [-0.1, -0.05) is 11.1 Å². The van der Waals surface area contributed by atoms with Gasteiger partial charge in [0.2, 0.25) is 0 Å². The molecule has 10 heavy (non-hydrogen) atoms. The molecule has 56 valence electrons. The molecule has 0 saturated carbocycles. The maximum Gasteiger partial charge on any atom is 0.170 e. The average molecular weight is 141 g/mol. The van der Waals surface area contributed by atoms with E-state index in [1.165, 1.54) is 11.1 Å². The highest BCUT2D eigenvalue weighted by molar-refractivity contribution is 5.30. The molecule has 3 heteroatoms. The zero-order valence-corrected chi connectivity index (χ0v) is 5.72. The quantitative estimate of drug-likeness (QED) is 0.311. The van der Waals surface area contributed by atoms with E-state index in [-0.39, 0.29) is 0 Å². The minimum atomic E-state index is -1.42. The van der Waals surface area contributed by atoms with Gasteiger partial charge in [-0.15, -0.1) is 0 Å². The maximum absolute atomic E-state index is 9.19. The van der Waals surface area contributed by atoms with Gasteiger partial charge in [0.25, 0.3) is 0 Å². The van der Waals surface area contributed by atoms with Crippen molar-refractivity contribution >= 4 is 0 Å². The average Bonchev–Trinajstić information content (AvgIpc) is 2.20. The van der Waals surface area contributed by atoms with Crippen LogP contribution in [0.5, 0.6) is 0 Å². The Morgan fingerprint density at radius 2 is 1.60 bits per heavy atom. The minimum absolute atomic E-state index is 0.440. The predicted molar refractivity (Wildman–Crippen MR) is 36.3 cm³/mol. The summed E-state index contributed by atoms with van der Waals surface area (Å²) in [6.45, 7) is 1.69. The highest BCUT2D eigenvalue weighted by Crippen LogP contribution is 2.34. The van der Waals surface area contributed by atoms with Crippen molar-refractivity contribution in [3.05, 3.63) is 11.1 Å². The van der Waals surface area contributed by atoms with Gasteiger partial charge < -0.3 is 15.5 Å². The Balaban J connectivity index is 2.17. The molecule has 0 atom stereocenters. The molecule has 0 bridgehead atoms. The molecule has 1 aliphatic heterocycles. The van der Waals surface area contributed by atoms with Crippen molar-refractivity contribution in [1.29, 1.82) is 0 Å². The molecular weight excluding hydrogens is 130 g/mol. The summed E-state index contributed by atoms with van der Waals surface area (Å²) in [4.78, 5) is 0. The summed E-state index contributed by atoms with van der Waals surface area (Å²) in [5.74, 6) is -1.42. The van der Waals surface area contributed by atoms with Gasteiger partial charge in [0.1, 0.15) is 0 Å². The normalized spacial score (nSPS) is 29.4. The molecule has 0 aromatic carbocycles. The first-order valence-corrected chi connectivity index (χ1v) is 3.53. The van der Waals surface area contributed by atoms with E-state index in [1.54, 1.807) is 0 Å². The third-order valence-corrected chi connectivity index (χ3v) is 2.17. The van der Waals surface area contributed by atoms with Gasteiger partial charge in [0.05, 0.1) is 0 Å². The largest absolute Gasteiger partial charge is 0.365 e. The molecule has 1 aliphatic carbocycles. The second-order valence-corrected chi connectivity index (χ2v) is 3.15. The Labute approximate surface area is 59.4 Å². The van der Waals surface area contributed by atoms with Gasteiger partial charge in [-0.3, -0.25) is 0 Å². The van der Waals surface area contributed by atoms with Crippen LogP contribution in [0.1, 0.15) is 12.8 Å². The van der Waals surface area contributed by atoms with E-state index < -0.39 is 5.79 Å². The second kappa shape index (κ2) is 1.81. The van der Waals surface area contributed by atoms with E-state index in [1.807, 2.05) is 0 Å². The molecule has 2 aliphatic rings. The highest BCUT2D eigenvalue weighted by atomic mass is 16.5. The predicted octanol–water partition coefficient (Wildman–Crippen LogP) is -0.639. The number of aliphatic hydroxyl groups is 2. The van der Waals surface area contributed by atoms with Crippen molar-refractivity contribution in [1.82, 2.24) is 5.32 Å². The van der Waals surface area contributed by atoms with E-state index >= 15 is 0 Å². The zero-order chi connectivity index (χ0) is 7.19. The summed E-state index contributed by atoms with van der Waals surface area (Å²) in [5, 5.41) is 21.5. The fourth-order valence-corrected chi connectivity index (χ4v) is 1.74. The van der Waals surface area contributed by atoms with Crippen LogP contribution in [0.2, 0.25) is 0 Å². The van der Waals surface area contributed by atoms with Crippen LogP contribution >= 0.6 is 0 Å². The van der Waals surface area contributed by atoms with E-state index in [9.17, 15) is 10.2 Å². The summed E-state index contributed by atoms with van der Waals surface area (Å²) in [6.07, 6.45) is 0.880. The Kier molecular flexibility index (Phi) is 1.15. The summed E-state index contributed by atoms with van der Waals surface area (Å²) in [5.41, 5.74) is 2.40. The monoisotopic (exact) mass is 141 g/mol. The third kappa shape index (κ3) is 0.868. The van der Waals surface area contributed by atoms with Crippen molar-refractivity contribution in [2.75, 3.05) is 13.1 Å². The van der Waals surface area contributed by atoms with Crippen LogP contribution in [0, 0.1) is 0 Å². The summed E-state index contributed by atoms with van der Waals surface area (Å²) >= 11 is 0. The molecule has 3 N–H and O–H groups in total. The lowest BCUT2D eigenvalue weighted by Gasteiger charge is -2.16. The summed E-state index contributed by atoms with van der Waals surface area (Å²) in [7, 11) is 0. The Bertz CT molecular complexity index is 178. The number of hydrogen-bond acceptors (Lipinski definition) is 3. The second-order valence-electron chi connectivity index (χ2n) is 3.15. The standard InChI is InChI=1S/C7H11NO2/c9-7(10)1-5-3-8-4-6(5)2-7/h8-10H,1-4H2. The van der Waals surface area contributed by atoms with Crippen LogP contribution in [0.25, 0.3) is 0 Å². The molecule has 0 spiro atoms.